The van der Waals surface area contributed by atoms with Crippen molar-refractivity contribution >= 4 is 10.9 Å². The number of hydrogen-bond donors (Lipinski definition) is 0. The Morgan fingerprint density at radius 3 is 2.79 bits per heavy atom. The van der Waals surface area contributed by atoms with Crippen molar-refractivity contribution in [2.45, 2.75) is 0 Å². The van der Waals surface area contributed by atoms with Gasteiger partial charge in [0.25, 0.3) is 0 Å². The smallest absolute Gasteiger partial charge is 0.165 e. The highest BCUT2D eigenvalue weighted by Gasteiger charge is 2.06. The molecule has 1 heterocycles. The number of nitrogens with zero attached hydrogens (tertiary/aromatic N) is 1. The first-order valence-corrected chi connectivity index (χ1v) is 5.89. The van der Waals surface area contributed by atoms with Crippen LogP contribution >= 0.6 is 0 Å². The topological polar surface area (TPSA) is 22.1 Å². The average molecular weight is 252 g/mol. The lowest BCUT2D eigenvalue weighted by Gasteiger charge is -2.05. The molecule has 3 rings (SSSR count). The van der Waals surface area contributed by atoms with Crippen LogP contribution < -0.4 is 4.74 Å². The lowest BCUT2D eigenvalue weighted by molar-refractivity contribution is 0.386. The van der Waals surface area contributed by atoms with Crippen LogP contribution in [0.15, 0.2) is 48.5 Å². The van der Waals surface area contributed by atoms with Crippen LogP contribution in [0.4, 0.5) is 4.39 Å². The van der Waals surface area contributed by atoms with Gasteiger partial charge in [-0.1, -0.05) is 18.2 Å². The molecule has 0 N–H and O–H groups in total. The summed E-state index contributed by atoms with van der Waals surface area (Å²) in [5.74, 6) is -0.163. The van der Waals surface area contributed by atoms with Crippen molar-refractivity contribution in [2.24, 2.45) is 0 Å². The quantitative estimate of drug-likeness (QED) is 0.691. The molecule has 1 aromatic heterocycles. The van der Waals surface area contributed by atoms with E-state index in [0.29, 0.717) is 11.3 Å². The summed E-state index contributed by atoms with van der Waals surface area (Å²) in [6.07, 6.45) is 0. The van der Waals surface area contributed by atoms with Crippen LogP contribution in [0.5, 0.6) is 5.75 Å². The molecule has 2 nitrogen and oxygen atoms in total. The lowest BCUT2D eigenvalue weighted by atomic mass is 10.1. The second kappa shape index (κ2) is 4.69. The largest absolute Gasteiger partial charge is 0.494 e. The number of para-hydroxylation sites is 1. The molecule has 0 aliphatic rings. The van der Waals surface area contributed by atoms with E-state index < -0.39 is 5.82 Å². The summed E-state index contributed by atoms with van der Waals surface area (Å²) in [6.45, 7) is 0. The SMILES string of the molecule is COc1ccc(-c2c[c]c3ccccc3n2)cc1F. The van der Waals surface area contributed by atoms with Gasteiger partial charge < -0.3 is 4.74 Å². The van der Waals surface area contributed by atoms with Crippen molar-refractivity contribution in [3.8, 4) is 17.0 Å². The van der Waals surface area contributed by atoms with E-state index in [1.54, 1.807) is 18.2 Å². The molecule has 0 amide bonds. The van der Waals surface area contributed by atoms with Gasteiger partial charge in [-0.15, -0.1) is 0 Å². The van der Waals surface area contributed by atoms with Crippen molar-refractivity contribution < 1.29 is 9.13 Å². The summed E-state index contributed by atoms with van der Waals surface area (Å²) in [5.41, 5.74) is 2.25. The van der Waals surface area contributed by atoms with E-state index in [-0.39, 0.29) is 5.75 Å². The Hall–Kier alpha value is -2.42. The van der Waals surface area contributed by atoms with Crippen LogP contribution in [0.3, 0.4) is 0 Å². The van der Waals surface area contributed by atoms with Gasteiger partial charge in [0, 0.05) is 10.9 Å². The van der Waals surface area contributed by atoms with E-state index in [1.807, 2.05) is 24.3 Å². The minimum absolute atomic E-state index is 0.230. The first kappa shape index (κ1) is 11.7. The zero-order valence-corrected chi connectivity index (χ0v) is 10.4. The number of pyridine rings is 1. The Bertz CT molecular complexity index is 740. The summed E-state index contributed by atoms with van der Waals surface area (Å²) in [5, 5.41) is 0.945. The summed E-state index contributed by atoms with van der Waals surface area (Å²) in [6, 6.07) is 17.4. The fraction of sp³-hybridized carbons (Fsp3) is 0.0625. The standard InChI is InChI=1S/C16H11FNO/c1-19-16-9-7-12(10-13(16)17)15-8-6-11-4-2-3-5-14(11)18-15/h2-5,7-10H,1H3. The zero-order chi connectivity index (χ0) is 13.2. The van der Waals surface area contributed by atoms with E-state index in [4.69, 9.17) is 4.74 Å². The van der Waals surface area contributed by atoms with Gasteiger partial charge in [-0.05, 0) is 36.4 Å². The van der Waals surface area contributed by atoms with Crippen molar-refractivity contribution in [1.29, 1.82) is 0 Å². The molecular weight excluding hydrogens is 241 g/mol. The number of halogens is 1. The van der Waals surface area contributed by atoms with E-state index in [9.17, 15) is 4.39 Å². The Morgan fingerprint density at radius 2 is 2.00 bits per heavy atom. The van der Waals surface area contributed by atoms with Gasteiger partial charge in [-0.3, -0.25) is 0 Å². The Morgan fingerprint density at radius 1 is 1.16 bits per heavy atom. The number of methoxy groups -OCH3 is 1. The molecule has 0 aliphatic heterocycles. The molecule has 0 atom stereocenters. The van der Waals surface area contributed by atoms with E-state index in [0.717, 1.165) is 10.9 Å². The van der Waals surface area contributed by atoms with Gasteiger partial charge in [-0.25, -0.2) is 9.37 Å². The minimum atomic E-state index is -0.394. The average Bonchev–Trinajstić information content (AvgIpc) is 2.46. The molecule has 2 aromatic carbocycles. The predicted molar refractivity (Wildman–Crippen MR) is 72.5 cm³/mol. The van der Waals surface area contributed by atoms with E-state index in [2.05, 4.69) is 11.1 Å². The third-order valence-electron chi connectivity index (χ3n) is 2.96. The maximum atomic E-state index is 13.7. The first-order valence-electron chi connectivity index (χ1n) is 5.89. The maximum Gasteiger partial charge on any atom is 0.165 e. The Balaban J connectivity index is 2.11. The predicted octanol–water partition coefficient (Wildman–Crippen LogP) is 3.85. The number of rotatable bonds is 2. The van der Waals surface area contributed by atoms with Gasteiger partial charge in [0.1, 0.15) is 0 Å². The van der Waals surface area contributed by atoms with Gasteiger partial charge >= 0.3 is 0 Å². The fourth-order valence-electron chi connectivity index (χ4n) is 1.97. The number of benzene rings is 2. The minimum Gasteiger partial charge on any atom is -0.494 e. The summed E-state index contributed by atoms with van der Waals surface area (Å²) >= 11 is 0. The van der Waals surface area contributed by atoms with Crippen LogP contribution in [0.25, 0.3) is 22.2 Å². The fourth-order valence-corrected chi connectivity index (χ4v) is 1.97. The van der Waals surface area contributed by atoms with Gasteiger partial charge in [0.05, 0.1) is 18.3 Å². The molecule has 0 saturated heterocycles. The van der Waals surface area contributed by atoms with Crippen LogP contribution in [-0.4, -0.2) is 12.1 Å². The molecule has 93 valence electrons. The van der Waals surface area contributed by atoms with Gasteiger partial charge in [-0.2, -0.15) is 0 Å². The normalized spacial score (nSPS) is 10.6. The summed E-state index contributed by atoms with van der Waals surface area (Å²) in [7, 11) is 1.44. The van der Waals surface area contributed by atoms with E-state index in [1.165, 1.54) is 13.2 Å². The van der Waals surface area contributed by atoms with Crippen LogP contribution in [0, 0.1) is 11.9 Å². The van der Waals surface area contributed by atoms with Crippen LogP contribution in [0.2, 0.25) is 0 Å². The van der Waals surface area contributed by atoms with Gasteiger partial charge in [0.2, 0.25) is 0 Å². The van der Waals surface area contributed by atoms with Gasteiger partial charge in [0.15, 0.2) is 11.6 Å². The highest BCUT2D eigenvalue weighted by Crippen LogP contribution is 2.25. The number of hydrogen-bond acceptors (Lipinski definition) is 2. The number of fused-ring (bicyclic) bond motifs is 1. The van der Waals surface area contributed by atoms with Crippen molar-refractivity contribution in [2.75, 3.05) is 7.11 Å². The summed E-state index contributed by atoms with van der Waals surface area (Å²) in [4.78, 5) is 4.50. The molecule has 3 heteroatoms. The molecule has 0 bridgehead atoms. The lowest BCUT2D eigenvalue weighted by Crippen LogP contribution is -1.90. The second-order valence-electron chi connectivity index (χ2n) is 4.15. The Labute approximate surface area is 110 Å². The third-order valence-corrected chi connectivity index (χ3v) is 2.96. The molecule has 3 aromatic rings. The highest BCUT2D eigenvalue weighted by atomic mass is 19.1. The molecule has 0 saturated carbocycles. The third kappa shape index (κ3) is 2.15. The van der Waals surface area contributed by atoms with Crippen molar-refractivity contribution in [3.05, 3.63) is 60.4 Å². The molecule has 0 aliphatic carbocycles. The first-order chi connectivity index (χ1) is 9.28. The van der Waals surface area contributed by atoms with Crippen LogP contribution in [-0.2, 0) is 0 Å². The number of ether oxygens (including phenoxy) is 1. The molecule has 1 radical (unpaired) electrons. The van der Waals surface area contributed by atoms with Crippen molar-refractivity contribution in [1.82, 2.24) is 4.98 Å². The van der Waals surface area contributed by atoms with Crippen molar-refractivity contribution in [3.63, 3.8) is 0 Å². The zero-order valence-electron chi connectivity index (χ0n) is 10.4. The number of aromatic nitrogens is 1. The van der Waals surface area contributed by atoms with E-state index >= 15 is 0 Å². The monoisotopic (exact) mass is 252 g/mol. The molecule has 0 unspecified atom stereocenters. The maximum absolute atomic E-state index is 13.7. The Kier molecular flexibility index (Phi) is 2.88. The summed E-state index contributed by atoms with van der Waals surface area (Å²) < 4.78 is 18.6. The molecular formula is C16H11FNO. The highest BCUT2D eigenvalue weighted by molar-refractivity contribution is 5.80. The molecule has 0 fully saturated rings. The van der Waals surface area contributed by atoms with Crippen LogP contribution in [0.1, 0.15) is 0 Å². The molecule has 0 spiro atoms. The second-order valence-corrected chi connectivity index (χ2v) is 4.15. The molecule has 19 heavy (non-hydrogen) atoms.